The molecular weight excluding hydrogens is 222 g/mol. The molecule has 0 radical (unpaired) electrons. The van der Waals surface area contributed by atoms with E-state index >= 15 is 0 Å². The molecule has 0 rings (SSSR count). The molecule has 0 aromatic heterocycles. The monoisotopic (exact) mass is 224 g/mol. The number of hydrogen-bond acceptors (Lipinski definition) is 5. The minimum absolute atomic E-state index is 2.44. The van der Waals surface area contributed by atoms with Crippen molar-refractivity contribution in [2.45, 2.75) is 0 Å². The van der Waals surface area contributed by atoms with Gasteiger partial charge in [0, 0.05) is 1.28 Å². The summed E-state index contributed by atoms with van der Waals surface area (Å²) in [5.74, 6) is 0. The Hall–Kier alpha value is 2.35. The Morgan fingerprint density at radius 1 is 1.71 bits per heavy atom. The van der Waals surface area contributed by atoms with Crippen LogP contribution >= 0.6 is 9.66 Å². The van der Waals surface area contributed by atoms with E-state index in [2.05, 4.69) is 60.4 Å². The van der Waals surface area contributed by atoms with Gasteiger partial charge in [-0.1, -0.05) is 0 Å². The molecule has 0 bridgehead atoms. The van der Waals surface area contributed by atoms with Crippen molar-refractivity contribution in [1.82, 2.24) is 0 Å². The molecule has 0 fully saturated rings. The molecule has 7 heavy (non-hydrogen) atoms. The van der Waals surface area contributed by atoms with Gasteiger partial charge in [0.15, 0.2) is 0 Å². The van der Waals surface area contributed by atoms with Crippen LogP contribution < -0.4 is 0 Å². The minimum Gasteiger partial charge on any atom is -0.767 e. The summed E-state index contributed by atoms with van der Waals surface area (Å²) < 4.78 is 4.62. The quantitative estimate of drug-likeness (QED) is 0.487. The SMILES string of the molecule is [2H]P(=S)([S-])P(=S)([S-])[S-]. The zero-order valence-electron chi connectivity index (χ0n) is 3.94. The summed E-state index contributed by atoms with van der Waals surface area (Å²) in [6.45, 7) is 0. The molecule has 0 heterocycles. The molecule has 0 saturated carbocycles. The highest BCUT2D eigenvalue weighted by atomic mass is 33.5. The third-order valence-electron chi connectivity index (χ3n) is 0.200. The fourth-order valence-corrected chi connectivity index (χ4v) is 0. The third kappa shape index (κ3) is 4.83. The fourth-order valence-electron chi connectivity index (χ4n) is 0. The average molecular weight is 224 g/mol. The molecule has 0 aliphatic heterocycles. The van der Waals surface area contributed by atoms with E-state index in [-0.39, 0.29) is 0 Å². The van der Waals surface area contributed by atoms with Crippen LogP contribution in [0, 0.1) is 0 Å². The smallest absolute Gasteiger partial charge is 0.0461 e. The molecule has 1 atom stereocenters. The predicted molar refractivity (Wildman–Crippen MR) is 52.1 cm³/mol. The molecule has 0 nitrogen and oxygen atoms in total. The first-order chi connectivity index (χ1) is 3.25. The summed E-state index contributed by atoms with van der Waals surface area (Å²) in [5, 5.41) is 0. The molecule has 7 heteroatoms. The van der Waals surface area contributed by atoms with Crippen molar-refractivity contribution in [3.63, 3.8) is 0 Å². The van der Waals surface area contributed by atoms with Crippen molar-refractivity contribution in [1.29, 1.82) is 1.28 Å². The lowest BCUT2D eigenvalue weighted by molar-refractivity contribution is 5.04. The van der Waals surface area contributed by atoms with Crippen LogP contribution in [0.2, 0.25) is 0 Å². The molecule has 0 aliphatic carbocycles. The molecule has 0 N–H and O–H groups in total. The Kier molecular flexibility index (Phi) is 3.73. The molecule has 0 saturated heterocycles. The maximum absolute atomic E-state index is 7.06. The van der Waals surface area contributed by atoms with Gasteiger partial charge in [0.25, 0.3) is 0 Å². The van der Waals surface area contributed by atoms with Gasteiger partial charge < -0.3 is 36.7 Å². The van der Waals surface area contributed by atoms with Crippen molar-refractivity contribution < 1.29 is 0 Å². The lowest BCUT2D eigenvalue weighted by Gasteiger charge is -2.42. The summed E-state index contributed by atoms with van der Waals surface area (Å²) in [6.07, 6.45) is 0. The van der Waals surface area contributed by atoms with Crippen LogP contribution in [0.15, 0.2) is 0 Å². The lowest BCUT2D eigenvalue weighted by Crippen LogP contribution is -1.51. The van der Waals surface area contributed by atoms with Crippen LogP contribution in [0.4, 0.5) is 0 Å². The Balaban J connectivity index is 4.53. The van der Waals surface area contributed by atoms with Gasteiger partial charge in [0.1, 0.15) is 0 Å². The van der Waals surface area contributed by atoms with Gasteiger partial charge in [-0.25, -0.2) is 0 Å². The zero-order valence-corrected chi connectivity index (χ0v) is 8.81. The summed E-state index contributed by atoms with van der Waals surface area (Å²) >= 11 is 23.0. The summed E-state index contributed by atoms with van der Waals surface area (Å²) in [4.78, 5) is 0. The second kappa shape index (κ2) is 3.50. The van der Waals surface area contributed by atoms with Crippen molar-refractivity contribution in [2.24, 2.45) is 0 Å². The van der Waals surface area contributed by atoms with Crippen molar-refractivity contribution in [3.8, 4) is 0 Å². The van der Waals surface area contributed by atoms with Crippen molar-refractivity contribution in [2.75, 3.05) is 0 Å². The van der Waals surface area contributed by atoms with Crippen molar-refractivity contribution >= 4 is 70.0 Å². The fraction of sp³-hybridized carbons (Fsp3) is 0. The van der Waals surface area contributed by atoms with E-state index in [1.807, 2.05) is 0 Å². The topological polar surface area (TPSA) is 0 Å². The first-order valence-corrected chi connectivity index (χ1v) is 10.0. The molecule has 0 aliphatic rings. The van der Waals surface area contributed by atoms with E-state index in [4.69, 9.17) is 1.28 Å². The Bertz CT molecular complexity index is 139. The average Bonchev–Trinajstić information content (AvgIpc) is 1.25. The highest BCUT2D eigenvalue weighted by Crippen LogP contribution is 2.64. The number of rotatable bonds is 1. The maximum Gasteiger partial charge on any atom is 0.0461 e. The van der Waals surface area contributed by atoms with Gasteiger partial charge in [-0.15, -0.1) is 23.6 Å². The molecule has 0 amide bonds. The Morgan fingerprint density at radius 2 is 1.86 bits per heavy atom. The summed E-state index contributed by atoms with van der Waals surface area (Å²) in [6, 6.07) is 0. The largest absolute Gasteiger partial charge is 0.767 e. The van der Waals surface area contributed by atoms with Gasteiger partial charge in [-0.3, -0.25) is 4.13 Å². The van der Waals surface area contributed by atoms with Crippen LogP contribution in [-0.4, -0.2) is 1.28 Å². The molecule has 0 aromatic rings. The van der Waals surface area contributed by atoms with Crippen LogP contribution in [0.3, 0.4) is 0 Å². The molecule has 44 valence electrons. The Labute approximate surface area is 70.9 Å². The highest BCUT2D eigenvalue weighted by molar-refractivity contribution is 9.11. The second-order valence-corrected chi connectivity index (χ2v) is 19.1. The van der Waals surface area contributed by atoms with Gasteiger partial charge >= 0.3 is 0 Å². The van der Waals surface area contributed by atoms with Gasteiger partial charge in [-0.05, 0) is 0 Å². The van der Waals surface area contributed by atoms with Crippen LogP contribution in [0.5, 0.6) is 0 Å². The summed E-state index contributed by atoms with van der Waals surface area (Å²) in [7, 11) is 0. The van der Waals surface area contributed by atoms with E-state index < -0.39 is 9.66 Å². The molecular formula is HP2S5-3. The zero-order chi connectivity index (χ0) is 7.00. The Morgan fingerprint density at radius 3 is 1.86 bits per heavy atom. The maximum atomic E-state index is 7.06. The van der Waals surface area contributed by atoms with E-state index in [0.29, 0.717) is 0 Å². The highest BCUT2D eigenvalue weighted by Gasteiger charge is 1.67. The third-order valence-corrected chi connectivity index (χ3v) is 16.2. The summed E-state index contributed by atoms with van der Waals surface area (Å²) in [5.41, 5.74) is -2.63. The first-order valence-electron chi connectivity index (χ1n) is 1.56. The van der Waals surface area contributed by atoms with Gasteiger partial charge in [0.2, 0.25) is 0 Å². The van der Waals surface area contributed by atoms with E-state index in [1.54, 1.807) is 0 Å². The molecule has 0 spiro atoms. The predicted octanol–water partition coefficient (Wildman–Crippen LogP) is 1.44. The minimum atomic E-state index is -2.63. The van der Waals surface area contributed by atoms with Crippen LogP contribution in [0.1, 0.15) is 0 Å². The van der Waals surface area contributed by atoms with Crippen molar-refractivity contribution in [3.05, 3.63) is 0 Å². The van der Waals surface area contributed by atoms with Crippen LogP contribution in [0.25, 0.3) is 0 Å². The first kappa shape index (κ1) is 7.46. The standard InChI is InChI=1S/H4P2S5/c3-1(4)2(5,6)7/h1H,(H,3,4)(H2,5,6,7)/p-3/i1D. The normalized spacial score (nSPS) is 23.0. The van der Waals surface area contributed by atoms with E-state index in [0.717, 1.165) is 0 Å². The second-order valence-electron chi connectivity index (χ2n) is 0.706. The van der Waals surface area contributed by atoms with E-state index in [9.17, 15) is 0 Å². The number of hydrogen-bond donors (Lipinski definition) is 0. The van der Waals surface area contributed by atoms with E-state index in [1.165, 1.54) is 0 Å². The molecule has 0 aromatic carbocycles. The van der Waals surface area contributed by atoms with Gasteiger partial charge in [-0.2, -0.15) is 5.53 Å². The lowest BCUT2D eigenvalue weighted by atomic mass is 29.2. The van der Waals surface area contributed by atoms with Crippen LogP contribution in [-0.2, 0) is 60.4 Å². The molecule has 1 unspecified atom stereocenters. The van der Waals surface area contributed by atoms with Gasteiger partial charge in [0.05, 0.1) is 0 Å².